The number of carbonyl (C=O) groups is 1. The number of rotatable bonds is 6. The predicted octanol–water partition coefficient (Wildman–Crippen LogP) is 1.80. The summed E-state index contributed by atoms with van der Waals surface area (Å²) in [5, 5.41) is 3.03. The van der Waals surface area contributed by atoms with Gasteiger partial charge in [0.15, 0.2) is 0 Å². The normalized spacial score (nSPS) is 17.1. The zero-order valence-electron chi connectivity index (χ0n) is 12.3. The van der Waals surface area contributed by atoms with Crippen LogP contribution < -0.4 is 11.1 Å². The summed E-state index contributed by atoms with van der Waals surface area (Å²) < 4.78 is 0. The number of carbonyl (C=O) groups excluding carboxylic acids is 1. The Morgan fingerprint density at radius 1 is 1.40 bits per heavy atom. The maximum atomic E-state index is 11.9. The van der Waals surface area contributed by atoms with E-state index in [1.165, 1.54) is 25.9 Å². The predicted molar refractivity (Wildman–Crippen MR) is 82.5 cm³/mol. The number of amides is 1. The van der Waals surface area contributed by atoms with Crippen LogP contribution >= 0.6 is 0 Å². The minimum absolute atomic E-state index is 0.124. The van der Waals surface area contributed by atoms with Crippen LogP contribution in [0.3, 0.4) is 0 Å². The Hall–Kier alpha value is -1.55. The molecular formula is C16H25N3O. The molecule has 3 N–H and O–H groups in total. The lowest BCUT2D eigenvalue weighted by atomic mass is 10.1. The molecule has 1 aliphatic heterocycles. The first kappa shape index (κ1) is 14.9. The minimum atomic E-state index is 0.124. The molecule has 1 amide bonds. The summed E-state index contributed by atoms with van der Waals surface area (Å²) in [6.07, 6.45) is 3.84. The van der Waals surface area contributed by atoms with Crippen LogP contribution in [0.1, 0.15) is 31.7 Å². The van der Waals surface area contributed by atoms with Crippen LogP contribution in [0.15, 0.2) is 24.3 Å². The largest absolute Gasteiger partial charge is 0.399 e. The summed E-state index contributed by atoms with van der Waals surface area (Å²) >= 11 is 0. The van der Waals surface area contributed by atoms with Gasteiger partial charge in [-0.25, -0.2) is 0 Å². The van der Waals surface area contributed by atoms with E-state index in [0.29, 0.717) is 12.5 Å². The van der Waals surface area contributed by atoms with Crippen molar-refractivity contribution in [2.75, 3.05) is 25.4 Å². The van der Waals surface area contributed by atoms with Crippen molar-refractivity contribution in [3.05, 3.63) is 29.8 Å². The van der Waals surface area contributed by atoms with E-state index in [9.17, 15) is 4.79 Å². The summed E-state index contributed by atoms with van der Waals surface area (Å²) in [6, 6.07) is 8.17. The monoisotopic (exact) mass is 275 g/mol. The first-order valence-corrected chi connectivity index (χ1v) is 7.50. The molecule has 0 aromatic heterocycles. The molecule has 4 nitrogen and oxygen atoms in total. The van der Waals surface area contributed by atoms with E-state index >= 15 is 0 Å². The third-order valence-corrected chi connectivity index (χ3v) is 3.95. The molecule has 1 atom stereocenters. The number of benzene rings is 1. The van der Waals surface area contributed by atoms with Crippen molar-refractivity contribution >= 4 is 11.6 Å². The Morgan fingerprint density at radius 2 is 2.15 bits per heavy atom. The molecule has 1 aromatic carbocycles. The number of anilines is 1. The molecule has 0 bridgehead atoms. The quantitative estimate of drug-likeness (QED) is 0.778. The Bertz CT molecular complexity index is 441. The van der Waals surface area contributed by atoms with Crippen molar-refractivity contribution < 1.29 is 4.79 Å². The van der Waals surface area contributed by atoms with Gasteiger partial charge in [0.05, 0.1) is 0 Å². The number of nitrogens with zero attached hydrogens (tertiary/aromatic N) is 1. The second kappa shape index (κ2) is 7.29. The van der Waals surface area contributed by atoms with E-state index in [-0.39, 0.29) is 5.91 Å². The Morgan fingerprint density at radius 3 is 2.85 bits per heavy atom. The standard InChI is InChI=1S/C16H25N3O/c1-13(19-9-2-3-10-19)12-18-16(20)8-7-14-5-4-6-15(17)11-14/h4-6,11,13H,2-3,7-10,12,17H2,1H3,(H,18,20). The number of hydrogen-bond acceptors (Lipinski definition) is 3. The van der Waals surface area contributed by atoms with Crippen molar-refractivity contribution in [3.63, 3.8) is 0 Å². The molecule has 2 rings (SSSR count). The van der Waals surface area contributed by atoms with Crippen molar-refractivity contribution in [1.82, 2.24) is 10.2 Å². The number of nitrogens with one attached hydrogen (secondary N) is 1. The van der Waals surface area contributed by atoms with Crippen LogP contribution in [0.5, 0.6) is 0 Å². The average Bonchev–Trinajstić information content (AvgIpc) is 2.97. The first-order valence-electron chi connectivity index (χ1n) is 7.50. The highest BCUT2D eigenvalue weighted by Gasteiger charge is 2.18. The van der Waals surface area contributed by atoms with Crippen LogP contribution in [0.2, 0.25) is 0 Å². The molecule has 20 heavy (non-hydrogen) atoms. The highest BCUT2D eigenvalue weighted by atomic mass is 16.1. The molecule has 1 aliphatic rings. The Balaban J connectivity index is 1.67. The molecule has 1 aromatic rings. The fourth-order valence-corrected chi connectivity index (χ4v) is 2.67. The van der Waals surface area contributed by atoms with Gasteiger partial charge in [0.25, 0.3) is 0 Å². The van der Waals surface area contributed by atoms with Gasteiger partial charge in [-0.1, -0.05) is 12.1 Å². The summed E-state index contributed by atoms with van der Waals surface area (Å²) in [6.45, 7) is 5.26. The van der Waals surface area contributed by atoms with Crippen molar-refractivity contribution in [2.24, 2.45) is 0 Å². The summed E-state index contributed by atoms with van der Waals surface area (Å²) in [7, 11) is 0. The number of nitrogens with two attached hydrogens (primary N) is 1. The van der Waals surface area contributed by atoms with E-state index in [4.69, 9.17) is 5.73 Å². The van der Waals surface area contributed by atoms with Gasteiger partial charge in [-0.05, 0) is 57.0 Å². The fraction of sp³-hybridized carbons (Fsp3) is 0.562. The van der Waals surface area contributed by atoms with Gasteiger partial charge in [-0.3, -0.25) is 9.69 Å². The van der Waals surface area contributed by atoms with Gasteiger partial charge < -0.3 is 11.1 Å². The molecule has 0 saturated carbocycles. The molecule has 1 saturated heterocycles. The second-order valence-corrected chi connectivity index (χ2v) is 5.64. The lowest BCUT2D eigenvalue weighted by molar-refractivity contribution is -0.121. The Kier molecular flexibility index (Phi) is 5.41. The zero-order chi connectivity index (χ0) is 14.4. The van der Waals surface area contributed by atoms with Crippen LogP contribution in [0.25, 0.3) is 0 Å². The van der Waals surface area contributed by atoms with Crippen LogP contribution in [-0.4, -0.2) is 36.5 Å². The highest BCUT2D eigenvalue weighted by Crippen LogP contribution is 2.11. The van der Waals surface area contributed by atoms with Crippen LogP contribution in [0, 0.1) is 0 Å². The maximum absolute atomic E-state index is 11.9. The van der Waals surface area contributed by atoms with Gasteiger partial charge in [-0.2, -0.15) is 0 Å². The van der Waals surface area contributed by atoms with Gasteiger partial charge in [0, 0.05) is 24.7 Å². The minimum Gasteiger partial charge on any atom is -0.399 e. The lowest BCUT2D eigenvalue weighted by Gasteiger charge is -2.23. The van der Waals surface area contributed by atoms with Crippen molar-refractivity contribution in [1.29, 1.82) is 0 Å². The van der Waals surface area contributed by atoms with Gasteiger partial charge >= 0.3 is 0 Å². The zero-order valence-corrected chi connectivity index (χ0v) is 12.3. The SMILES string of the molecule is CC(CNC(=O)CCc1cccc(N)c1)N1CCCC1. The maximum Gasteiger partial charge on any atom is 0.220 e. The number of nitrogen functional groups attached to an aromatic ring is 1. The van der Waals surface area contributed by atoms with E-state index in [1.807, 2.05) is 24.3 Å². The molecule has 0 aliphatic carbocycles. The van der Waals surface area contributed by atoms with E-state index < -0.39 is 0 Å². The number of aryl methyl sites for hydroxylation is 1. The molecule has 1 fully saturated rings. The Labute approximate surface area is 121 Å². The van der Waals surface area contributed by atoms with Gasteiger partial charge in [0.2, 0.25) is 5.91 Å². The second-order valence-electron chi connectivity index (χ2n) is 5.64. The van der Waals surface area contributed by atoms with E-state index in [1.54, 1.807) is 0 Å². The van der Waals surface area contributed by atoms with E-state index in [2.05, 4.69) is 17.1 Å². The molecule has 1 unspecified atom stereocenters. The van der Waals surface area contributed by atoms with Gasteiger partial charge in [0.1, 0.15) is 0 Å². The summed E-state index contributed by atoms with van der Waals surface area (Å²) in [5.74, 6) is 0.124. The molecule has 4 heteroatoms. The van der Waals surface area contributed by atoms with Crippen LogP contribution in [0.4, 0.5) is 5.69 Å². The lowest BCUT2D eigenvalue weighted by Crippen LogP contribution is -2.40. The number of hydrogen-bond donors (Lipinski definition) is 2. The van der Waals surface area contributed by atoms with Crippen molar-refractivity contribution in [2.45, 2.75) is 38.6 Å². The summed E-state index contributed by atoms with van der Waals surface area (Å²) in [5.41, 5.74) is 7.60. The summed E-state index contributed by atoms with van der Waals surface area (Å²) in [4.78, 5) is 14.3. The fourth-order valence-electron chi connectivity index (χ4n) is 2.67. The highest BCUT2D eigenvalue weighted by molar-refractivity contribution is 5.76. The van der Waals surface area contributed by atoms with Crippen molar-refractivity contribution in [3.8, 4) is 0 Å². The van der Waals surface area contributed by atoms with Gasteiger partial charge in [-0.15, -0.1) is 0 Å². The molecule has 110 valence electrons. The molecule has 0 spiro atoms. The smallest absolute Gasteiger partial charge is 0.220 e. The molecule has 1 heterocycles. The van der Waals surface area contributed by atoms with Crippen LogP contribution in [-0.2, 0) is 11.2 Å². The first-order chi connectivity index (χ1) is 9.65. The molecular weight excluding hydrogens is 250 g/mol. The van der Waals surface area contributed by atoms with E-state index in [0.717, 1.165) is 24.2 Å². The molecule has 0 radical (unpaired) electrons. The average molecular weight is 275 g/mol. The number of likely N-dealkylation sites (tertiary alicyclic amines) is 1. The third-order valence-electron chi connectivity index (χ3n) is 3.95. The third kappa shape index (κ3) is 4.53. The topological polar surface area (TPSA) is 58.4 Å².